The van der Waals surface area contributed by atoms with Crippen LogP contribution in [-0.2, 0) is 34.4 Å². The molecular formula is C60H83ClN6O16S3. The summed E-state index contributed by atoms with van der Waals surface area (Å²) in [6.45, 7) is 17.0. The van der Waals surface area contributed by atoms with E-state index in [1.54, 1.807) is 39.5 Å². The SMILES string of the molecule is CCOc1ccccc1OCCNC(C)C(Cl)c1ccc(OC)c(SOON)c1.CCOc1ccccc1OCCNC(C)C(O)c1ccc(OC)c(SOON)c1.CCOc1ccccc1OCCNC(C)Cc1ccc(OC)c(SOON)c1. The van der Waals surface area contributed by atoms with Gasteiger partial charge in [-0.05, 0) is 137 Å². The maximum Gasteiger partial charge on any atom is 0.161 e. The van der Waals surface area contributed by atoms with E-state index in [0.717, 1.165) is 93.9 Å². The lowest BCUT2D eigenvalue weighted by atomic mass is 10.0. The zero-order valence-electron chi connectivity index (χ0n) is 50.0. The van der Waals surface area contributed by atoms with Gasteiger partial charge in [0.05, 0.1) is 103 Å². The first kappa shape index (κ1) is 72.8. The first-order valence-electron chi connectivity index (χ1n) is 27.6. The molecule has 22 nitrogen and oxygen atoms in total. The number of para-hydroxylation sites is 6. The van der Waals surface area contributed by atoms with E-state index in [-0.39, 0.29) is 23.5 Å². The van der Waals surface area contributed by atoms with Crippen LogP contribution < -0.4 is 76.3 Å². The lowest BCUT2D eigenvalue weighted by Gasteiger charge is -2.22. The highest BCUT2D eigenvalue weighted by Gasteiger charge is 2.21. The van der Waals surface area contributed by atoms with Crippen LogP contribution >= 0.6 is 47.7 Å². The van der Waals surface area contributed by atoms with Gasteiger partial charge in [-0.3, -0.25) is 0 Å². The summed E-state index contributed by atoms with van der Waals surface area (Å²) >= 11 is 9.52. The van der Waals surface area contributed by atoms with E-state index in [0.29, 0.717) is 91.1 Å². The molecule has 0 aromatic heterocycles. The molecule has 10 N–H and O–H groups in total. The fraction of sp³-hybridized carbons (Fsp3) is 0.400. The summed E-state index contributed by atoms with van der Waals surface area (Å²) in [7, 11) is 4.73. The minimum absolute atomic E-state index is 0.000300. The molecule has 0 bridgehead atoms. The number of hydrogen-bond acceptors (Lipinski definition) is 25. The van der Waals surface area contributed by atoms with Crippen LogP contribution in [-0.4, -0.2) is 104 Å². The van der Waals surface area contributed by atoms with Gasteiger partial charge in [0.15, 0.2) is 34.5 Å². The normalized spacial score (nSPS) is 12.6. The Bertz CT molecular complexity index is 2680. The molecule has 0 radical (unpaired) electrons. The summed E-state index contributed by atoms with van der Waals surface area (Å²) in [4.78, 5) is 14.6. The Morgan fingerprint density at radius 3 is 1.19 bits per heavy atom. The minimum Gasteiger partial charge on any atom is -0.495 e. The number of benzene rings is 6. The third kappa shape index (κ3) is 26.0. The van der Waals surface area contributed by atoms with Crippen molar-refractivity contribution in [3.63, 3.8) is 0 Å². The Balaban J connectivity index is 0.000000276. The molecule has 26 heteroatoms. The second kappa shape index (κ2) is 43.1. The molecule has 0 fully saturated rings. The number of ether oxygens (including phenoxy) is 9. The lowest BCUT2D eigenvalue weighted by Crippen LogP contribution is -2.35. The maximum atomic E-state index is 10.7. The van der Waals surface area contributed by atoms with Crippen LogP contribution in [0.4, 0.5) is 0 Å². The molecule has 0 saturated carbocycles. The predicted octanol–water partition coefficient (Wildman–Crippen LogP) is 10.8. The zero-order valence-corrected chi connectivity index (χ0v) is 53.2. The first-order chi connectivity index (χ1) is 41.9. The molecule has 5 unspecified atom stereocenters. The zero-order chi connectivity index (χ0) is 62.3. The molecular weight excluding hydrogens is 1190 g/mol. The van der Waals surface area contributed by atoms with Crippen molar-refractivity contribution >= 4 is 47.7 Å². The molecule has 0 saturated heterocycles. The van der Waals surface area contributed by atoms with Crippen molar-refractivity contribution < 1.29 is 75.7 Å². The maximum absolute atomic E-state index is 10.7. The number of methoxy groups -OCH3 is 3. The molecule has 6 aromatic carbocycles. The molecule has 5 atom stereocenters. The molecule has 86 heavy (non-hydrogen) atoms. The molecule has 0 heterocycles. The Morgan fingerprint density at radius 1 is 0.442 bits per heavy atom. The van der Waals surface area contributed by atoms with Crippen molar-refractivity contribution in [2.45, 2.75) is 92.3 Å². The topological polar surface area (TPSA) is 273 Å². The average Bonchev–Trinajstić information content (AvgIpc) is 3.70. The van der Waals surface area contributed by atoms with Gasteiger partial charge in [-0.25, -0.2) is 0 Å². The Hall–Kier alpha value is -5.66. The monoisotopic (exact) mass is 1270 g/mol. The van der Waals surface area contributed by atoms with Crippen molar-refractivity contribution in [1.29, 1.82) is 0 Å². The summed E-state index contributed by atoms with van der Waals surface area (Å²) in [6.07, 6.45) is 0.103. The highest BCUT2D eigenvalue weighted by molar-refractivity contribution is 7.95. The largest absolute Gasteiger partial charge is 0.495 e. The molecule has 0 spiro atoms. The van der Waals surface area contributed by atoms with E-state index in [9.17, 15) is 5.11 Å². The number of alkyl halides is 1. The highest BCUT2D eigenvalue weighted by atomic mass is 35.5. The second-order valence-electron chi connectivity index (χ2n) is 18.1. The van der Waals surface area contributed by atoms with Gasteiger partial charge < -0.3 is 63.7 Å². The minimum atomic E-state index is -0.741. The molecule has 0 aliphatic carbocycles. The Labute approximate surface area is 523 Å². The van der Waals surface area contributed by atoms with Crippen LogP contribution in [0.25, 0.3) is 0 Å². The van der Waals surface area contributed by atoms with Crippen LogP contribution in [0.3, 0.4) is 0 Å². The van der Waals surface area contributed by atoms with Crippen LogP contribution in [0.15, 0.2) is 142 Å². The number of aliphatic hydroxyl groups excluding tert-OH is 1. The molecule has 0 aliphatic heterocycles. The van der Waals surface area contributed by atoms with Crippen LogP contribution in [0.1, 0.15) is 69.7 Å². The quantitative estimate of drug-likeness (QED) is 0.00621. The standard InChI is InChI=1S/C20H27ClN2O5S.C20H28N2O6S.C20H28N2O5S/c1-4-25-16-7-5-6-8-17(16)26-12-11-23-14(2)20(21)15-9-10-18(24-3)19(13-15)29-28-27-22;1-4-25-16-7-5-6-8-17(16)26-12-11-22-14(2)20(23)15-9-10-18(24-3)19(13-15)29-28-27-21;1-4-24-17-7-5-6-8-18(17)25-12-11-22-15(2)13-16-9-10-19(23-3)20(14-16)28-27-26-21/h5-10,13-14,20,23H,4,11-12,22H2,1-3H3;5-10,13-14,20,22-23H,4,11-12,21H2,1-3H3;5-10,14-15,22H,4,11-13,21H2,1-3H3. The van der Waals surface area contributed by atoms with Gasteiger partial charge in [0, 0.05) is 37.8 Å². The average molecular weight is 1280 g/mol. The smallest absolute Gasteiger partial charge is 0.161 e. The van der Waals surface area contributed by atoms with Gasteiger partial charge in [-0.2, -0.15) is 17.7 Å². The van der Waals surface area contributed by atoms with Gasteiger partial charge in [-0.1, -0.05) is 54.6 Å². The van der Waals surface area contributed by atoms with Gasteiger partial charge in [-0.15, -0.1) is 39.6 Å². The lowest BCUT2D eigenvalue weighted by molar-refractivity contribution is -0.195. The Kier molecular flexibility index (Phi) is 36.5. The number of nitrogens with one attached hydrogen (secondary N) is 3. The van der Waals surface area contributed by atoms with Gasteiger partial charge in [0.1, 0.15) is 37.1 Å². The van der Waals surface area contributed by atoms with Crippen LogP contribution in [0.2, 0.25) is 0 Å². The highest BCUT2D eigenvalue weighted by Crippen LogP contribution is 2.37. The second-order valence-corrected chi connectivity index (χ2v) is 20.8. The van der Waals surface area contributed by atoms with E-state index < -0.39 is 6.10 Å². The number of hydrogen-bond donors (Lipinski definition) is 7. The molecule has 0 aliphatic rings. The van der Waals surface area contributed by atoms with Crippen molar-refractivity contribution in [3.8, 4) is 51.7 Å². The number of nitrogens with two attached hydrogens (primary N) is 3. The number of halogens is 1. The summed E-state index contributed by atoms with van der Waals surface area (Å²) in [5.74, 6) is 21.1. The molecule has 6 rings (SSSR count). The van der Waals surface area contributed by atoms with Crippen molar-refractivity contribution in [2.24, 2.45) is 17.7 Å². The van der Waals surface area contributed by atoms with Gasteiger partial charge in [0.25, 0.3) is 0 Å². The fourth-order valence-corrected chi connectivity index (χ4v) is 9.90. The predicted molar refractivity (Wildman–Crippen MR) is 335 cm³/mol. The summed E-state index contributed by atoms with van der Waals surface area (Å²) in [6, 6.07) is 39.8. The third-order valence-electron chi connectivity index (χ3n) is 12.2. The summed E-state index contributed by atoms with van der Waals surface area (Å²) in [5.41, 5.74) is 2.77. The van der Waals surface area contributed by atoms with Crippen molar-refractivity contribution in [1.82, 2.24) is 16.0 Å². The number of aliphatic hydroxyl groups is 1. The van der Waals surface area contributed by atoms with E-state index in [2.05, 4.69) is 37.8 Å². The summed E-state index contributed by atoms with van der Waals surface area (Å²) in [5, 5.41) is 20.5. The third-order valence-corrected chi connectivity index (χ3v) is 14.7. The molecule has 0 amide bonds. The van der Waals surface area contributed by atoms with Gasteiger partial charge in [0.2, 0.25) is 0 Å². The van der Waals surface area contributed by atoms with E-state index in [1.165, 1.54) is 0 Å². The van der Waals surface area contributed by atoms with Crippen molar-refractivity contribution in [2.75, 3.05) is 80.6 Å². The first-order valence-corrected chi connectivity index (χ1v) is 30.2. The van der Waals surface area contributed by atoms with Gasteiger partial charge >= 0.3 is 0 Å². The van der Waals surface area contributed by atoms with E-state index in [4.69, 9.17) is 84.9 Å². The number of rotatable bonds is 39. The van der Waals surface area contributed by atoms with E-state index in [1.807, 2.05) is 144 Å². The fourth-order valence-electron chi connectivity index (χ4n) is 8.07. The summed E-state index contributed by atoms with van der Waals surface area (Å²) < 4.78 is 64.2. The van der Waals surface area contributed by atoms with Crippen molar-refractivity contribution in [3.05, 3.63) is 144 Å². The Morgan fingerprint density at radius 2 is 0.791 bits per heavy atom. The molecule has 6 aromatic rings. The molecule has 474 valence electrons. The van der Waals surface area contributed by atoms with Crippen LogP contribution in [0.5, 0.6) is 51.7 Å². The van der Waals surface area contributed by atoms with Crippen LogP contribution in [0, 0.1) is 0 Å². The van der Waals surface area contributed by atoms with E-state index >= 15 is 0 Å².